The molecule has 1 amide bonds. The minimum Gasteiger partial charge on any atom is -0.476 e. The average molecular weight is 377 g/mol. The van der Waals surface area contributed by atoms with Crippen molar-refractivity contribution in [3.05, 3.63) is 42.2 Å². The van der Waals surface area contributed by atoms with Crippen LogP contribution in [-0.4, -0.2) is 48.1 Å². The fraction of sp³-hybridized carbons (Fsp3) is 0.333. The Morgan fingerprint density at radius 3 is 2.75 bits per heavy atom. The number of anilines is 1. The first-order valence-electron chi connectivity index (χ1n) is 9.31. The molecule has 7 heteroatoms. The number of aryl methyl sites for hydroxylation is 1. The van der Waals surface area contributed by atoms with Crippen molar-refractivity contribution in [1.29, 1.82) is 0 Å². The predicted molar refractivity (Wildman–Crippen MR) is 108 cm³/mol. The maximum atomic E-state index is 11.4. The monoisotopic (exact) mass is 377 g/mol. The van der Waals surface area contributed by atoms with Crippen LogP contribution in [0.15, 0.2) is 36.7 Å². The maximum Gasteiger partial charge on any atom is 0.242 e. The first kappa shape index (κ1) is 18.2. The molecule has 0 saturated carbocycles. The molecule has 1 N–H and O–H groups in total. The number of carbonyl (C=O) groups excluding carboxylic acids is 1. The molecule has 1 fully saturated rings. The molecule has 1 aliphatic heterocycles. The van der Waals surface area contributed by atoms with Gasteiger partial charge in [-0.3, -0.25) is 9.78 Å². The number of hydrogen-bond donors (Lipinski definition) is 1. The van der Waals surface area contributed by atoms with E-state index in [9.17, 15) is 4.79 Å². The Kier molecular flexibility index (Phi) is 4.81. The van der Waals surface area contributed by atoms with E-state index in [1.54, 1.807) is 12.4 Å². The molecule has 3 heterocycles. The van der Waals surface area contributed by atoms with Crippen LogP contribution in [0.5, 0.6) is 5.88 Å². The molecule has 144 valence electrons. The second kappa shape index (κ2) is 7.42. The summed E-state index contributed by atoms with van der Waals surface area (Å²) in [5, 5.41) is 2.83. The molecule has 28 heavy (non-hydrogen) atoms. The van der Waals surface area contributed by atoms with E-state index >= 15 is 0 Å². The summed E-state index contributed by atoms with van der Waals surface area (Å²) >= 11 is 0. The van der Waals surface area contributed by atoms with Crippen LogP contribution in [0, 0.1) is 12.8 Å². The lowest BCUT2D eigenvalue weighted by Crippen LogP contribution is -2.17. The van der Waals surface area contributed by atoms with Crippen LogP contribution in [0.2, 0.25) is 0 Å². The minimum atomic E-state index is 0.0661. The van der Waals surface area contributed by atoms with Crippen molar-refractivity contribution in [2.24, 2.45) is 5.92 Å². The summed E-state index contributed by atoms with van der Waals surface area (Å²) in [5.74, 6) is 0.664. The summed E-state index contributed by atoms with van der Waals surface area (Å²) in [5.41, 5.74) is 5.48. The number of nitrogens with one attached hydrogen (secondary N) is 1. The topological polar surface area (TPSA) is 80.2 Å². The number of ether oxygens (including phenoxy) is 1. The number of benzene rings is 1. The van der Waals surface area contributed by atoms with Crippen molar-refractivity contribution in [1.82, 2.24) is 20.3 Å². The van der Waals surface area contributed by atoms with E-state index in [1.165, 1.54) is 11.3 Å². The highest BCUT2D eigenvalue weighted by molar-refractivity contribution is 5.84. The average Bonchev–Trinajstić information content (AvgIpc) is 3.10. The molecule has 2 aromatic heterocycles. The van der Waals surface area contributed by atoms with Gasteiger partial charge in [-0.05, 0) is 30.7 Å². The SMILES string of the molecule is Cc1cc(-c2cc3nccnc3c(OC[C@@H]3CNC(=O)C3)n2)ccc1N(C)C. The number of pyridine rings is 1. The highest BCUT2D eigenvalue weighted by atomic mass is 16.5. The van der Waals surface area contributed by atoms with E-state index in [4.69, 9.17) is 9.72 Å². The summed E-state index contributed by atoms with van der Waals surface area (Å²) in [4.78, 5) is 27.0. The molecule has 1 saturated heterocycles. The highest BCUT2D eigenvalue weighted by Crippen LogP contribution is 2.30. The maximum absolute atomic E-state index is 11.4. The largest absolute Gasteiger partial charge is 0.476 e. The van der Waals surface area contributed by atoms with Gasteiger partial charge in [0.15, 0.2) is 5.52 Å². The van der Waals surface area contributed by atoms with E-state index in [-0.39, 0.29) is 11.8 Å². The summed E-state index contributed by atoms with van der Waals surface area (Å²) in [6, 6.07) is 8.18. The number of hydrogen-bond acceptors (Lipinski definition) is 6. The van der Waals surface area contributed by atoms with Crippen molar-refractivity contribution < 1.29 is 9.53 Å². The van der Waals surface area contributed by atoms with Crippen molar-refractivity contribution >= 4 is 22.6 Å². The molecule has 1 atom stereocenters. The van der Waals surface area contributed by atoms with Crippen LogP contribution in [0.3, 0.4) is 0 Å². The Bertz CT molecular complexity index is 1030. The molecule has 0 aliphatic carbocycles. The highest BCUT2D eigenvalue weighted by Gasteiger charge is 2.23. The third kappa shape index (κ3) is 3.60. The van der Waals surface area contributed by atoms with Gasteiger partial charge < -0.3 is 15.0 Å². The Balaban J connectivity index is 1.69. The number of nitrogens with zero attached hydrogens (tertiary/aromatic N) is 4. The van der Waals surface area contributed by atoms with Crippen LogP contribution >= 0.6 is 0 Å². The summed E-state index contributed by atoms with van der Waals surface area (Å²) < 4.78 is 5.99. The molecule has 0 bridgehead atoms. The number of amides is 1. The van der Waals surface area contributed by atoms with E-state index in [0.29, 0.717) is 31.0 Å². The molecule has 0 radical (unpaired) electrons. The lowest BCUT2D eigenvalue weighted by molar-refractivity contribution is -0.119. The Hall–Kier alpha value is -3.22. The summed E-state index contributed by atoms with van der Waals surface area (Å²) in [6.45, 7) is 3.13. The molecule has 7 nitrogen and oxygen atoms in total. The van der Waals surface area contributed by atoms with Gasteiger partial charge in [-0.1, -0.05) is 6.07 Å². The van der Waals surface area contributed by atoms with Gasteiger partial charge in [0.05, 0.1) is 17.8 Å². The molecule has 1 aromatic carbocycles. The van der Waals surface area contributed by atoms with Crippen LogP contribution in [0.4, 0.5) is 5.69 Å². The smallest absolute Gasteiger partial charge is 0.242 e. The summed E-state index contributed by atoms with van der Waals surface area (Å²) in [6.07, 6.45) is 3.78. The third-order valence-corrected chi connectivity index (χ3v) is 4.92. The zero-order valence-electron chi connectivity index (χ0n) is 16.3. The van der Waals surface area contributed by atoms with Gasteiger partial charge in [0.2, 0.25) is 11.8 Å². The van der Waals surface area contributed by atoms with Gasteiger partial charge in [-0.25, -0.2) is 9.97 Å². The van der Waals surface area contributed by atoms with Crippen molar-refractivity contribution in [2.45, 2.75) is 13.3 Å². The standard InChI is InChI=1S/C21H23N5O2/c1-13-8-15(4-5-18(13)26(2)3)16-10-17-20(23-7-6-22-17)21(25-16)28-12-14-9-19(27)24-11-14/h4-8,10,14H,9,11-12H2,1-3H3,(H,24,27)/t14-/m0/s1. The van der Waals surface area contributed by atoms with Crippen molar-refractivity contribution in [3.8, 4) is 17.1 Å². The fourth-order valence-corrected chi connectivity index (χ4v) is 3.49. The van der Waals surface area contributed by atoms with Gasteiger partial charge in [-0.2, -0.15) is 0 Å². The Labute approximate surface area is 163 Å². The van der Waals surface area contributed by atoms with Crippen LogP contribution in [0.1, 0.15) is 12.0 Å². The van der Waals surface area contributed by atoms with Gasteiger partial charge in [-0.15, -0.1) is 0 Å². The quantitative estimate of drug-likeness (QED) is 0.736. The lowest BCUT2D eigenvalue weighted by atomic mass is 10.1. The first-order chi connectivity index (χ1) is 13.5. The minimum absolute atomic E-state index is 0.0661. The molecule has 0 unspecified atom stereocenters. The zero-order chi connectivity index (χ0) is 19.7. The van der Waals surface area contributed by atoms with Crippen LogP contribution in [0.25, 0.3) is 22.3 Å². The number of rotatable bonds is 5. The molecule has 4 rings (SSSR count). The predicted octanol–water partition coefficient (Wildman–Crippen LogP) is 2.58. The van der Waals surface area contributed by atoms with E-state index in [1.807, 2.05) is 20.2 Å². The molecular weight excluding hydrogens is 354 g/mol. The van der Waals surface area contributed by atoms with E-state index in [0.717, 1.165) is 16.8 Å². The number of aromatic nitrogens is 3. The van der Waals surface area contributed by atoms with E-state index < -0.39 is 0 Å². The molecule has 0 spiro atoms. The van der Waals surface area contributed by atoms with Gasteiger partial charge in [0.25, 0.3) is 0 Å². The molecule has 1 aliphatic rings. The summed E-state index contributed by atoms with van der Waals surface area (Å²) in [7, 11) is 4.06. The van der Waals surface area contributed by atoms with Crippen molar-refractivity contribution in [3.63, 3.8) is 0 Å². The molecular formula is C21H23N5O2. The normalized spacial score (nSPS) is 16.2. The Morgan fingerprint density at radius 1 is 1.21 bits per heavy atom. The van der Waals surface area contributed by atoms with Gasteiger partial charge >= 0.3 is 0 Å². The zero-order valence-corrected chi connectivity index (χ0v) is 16.3. The lowest BCUT2D eigenvalue weighted by Gasteiger charge is -2.17. The second-order valence-corrected chi connectivity index (χ2v) is 7.32. The third-order valence-electron chi connectivity index (χ3n) is 4.92. The molecule has 3 aromatic rings. The van der Waals surface area contributed by atoms with Crippen LogP contribution < -0.4 is 15.0 Å². The fourth-order valence-electron chi connectivity index (χ4n) is 3.49. The number of fused-ring (bicyclic) bond motifs is 1. The number of carbonyl (C=O) groups is 1. The van der Waals surface area contributed by atoms with Crippen LogP contribution in [-0.2, 0) is 4.79 Å². The van der Waals surface area contributed by atoms with E-state index in [2.05, 4.69) is 45.3 Å². The van der Waals surface area contributed by atoms with Crippen molar-refractivity contribution in [2.75, 3.05) is 32.1 Å². The first-order valence-corrected chi connectivity index (χ1v) is 9.31. The van der Waals surface area contributed by atoms with Gasteiger partial charge in [0, 0.05) is 56.6 Å². The second-order valence-electron chi connectivity index (χ2n) is 7.32. The van der Waals surface area contributed by atoms with Gasteiger partial charge in [0.1, 0.15) is 0 Å². The Morgan fingerprint density at radius 2 is 2.04 bits per heavy atom.